The van der Waals surface area contributed by atoms with Crippen LogP contribution in [0.15, 0.2) is 18.2 Å². The fourth-order valence-electron chi connectivity index (χ4n) is 3.20. The van der Waals surface area contributed by atoms with Crippen LogP contribution in [0.5, 0.6) is 5.75 Å². The summed E-state index contributed by atoms with van der Waals surface area (Å²) in [6.07, 6.45) is -1.14. The zero-order chi connectivity index (χ0) is 15.0. The first-order valence-electron chi connectivity index (χ1n) is 7.00. The largest absolute Gasteiger partial charge is 0.490 e. The minimum atomic E-state index is -4.52. The van der Waals surface area contributed by atoms with Crippen LogP contribution in [0.25, 0.3) is 0 Å². The van der Waals surface area contributed by atoms with E-state index in [2.05, 4.69) is 5.32 Å². The second-order valence-electron chi connectivity index (χ2n) is 5.67. The smallest absolute Gasteiger partial charge is 0.420 e. The van der Waals surface area contributed by atoms with Gasteiger partial charge in [0.05, 0.1) is 17.2 Å². The van der Waals surface area contributed by atoms with E-state index >= 15 is 0 Å². The van der Waals surface area contributed by atoms with Gasteiger partial charge in [-0.1, -0.05) is 0 Å². The van der Waals surface area contributed by atoms with E-state index in [9.17, 15) is 13.2 Å². The molecule has 21 heavy (non-hydrogen) atoms. The van der Waals surface area contributed by atoms with E-state index in [0.29, 0.717) is 12.1 Å². The average molecular weight is 296 g/mol. The molecule has 1 aromatic rings. The van der Waals surface area contributed by atoms with Gasteiger partial charge in [0.25, 0.3) is 0 Å². The molecule has 1 N–H and O–H groups in total. The van der Waals surface area contributed by atoms with Crippen molar-refractivity contribution in [1.82, 2.24) is 5.32 Å². The molecule has 3 rings (SSSR count). The van der Waals surface area contributed by atoms with Crippen molar-refractivity contribution < 1.29 is 17.9 Å². The summed E-state index contributed by atoms with van der Waals surface area (Å²) < 4.78 is 44.9. The highest BCUT2D eigenvalue weighted by atomic mass is 19.4. The van der Waals surface area contributed by atoms with Gasteiger partial charge in [-0.2, -0.15) is 18.4 Å². The molecule has 0 aromatic heterocycles. The molecular formula is C15H15F3N2O. The number of nitrogens with one attached hydrogen (secondary N) is 1. The first-order valence-corrected chi connectivity index (χ1v) is 7.00. The van der Waals surface area contributed by atoms with E-state index in [-0.39, 0.29) is 17.4 Å². The maximum Gasteiger partial charge on any atom is 0.420 e. The molecule has 0 aliphatic carbocycles. The van der Waals surface area contributed by atoms with Crippen LogP contribution in [0.4, 0.5) is 13.2 Å². The van der Waals surface area contributed by atoms with Crippen LogP contribution in [0.1, 0.15) is 36.8 Å². The average Bonchev–Trinajstić information content (AvgIpc) is 2.77. The van der Waals surface area contributed by atoms with Crippen molar-refractivity contribution in [3.05, 3.63) is 29.3 Å². The van der Waals surface area contributed by atoms with E-state index in [0.717, 1.165) is 31.7 Å². The Balaban J connectivity index is 1.83. The normalized spacial score (nSPS) is 28.2. The number of nitriles is 1. The number of fused-ring (bicyclic) bond motifs is 2. The van der Waals surface area contributed by atoms with Crippen LogP contribution < -0.4 is 10.1 Å². The van der Waals surface area contributed by atoms with Crippen LogP contribution >= 0.6 is 0 Å². The number of nitrogens with zero attached hydrogens (tertiary/aromatic N) is 1. The number of benzene rings is 1. The number of piperidine rings is 1. The third kappa shape index (κ3) is 2.98. The van der Waals surface area contributed by atoms with Gasteiger partial charge in [-0.25, -0.2) is 0 Å². The molecule has 2 fully saturated rings. The minimum absolute atomic E-state index is 0.0138. The summed E-state index contributed by atoms with van der Waals surface area (Å²) >= 11 is 0. The summed E-state index contributed by atoms with van der Waals surface area (Å²) in [5, 5.41) is 12.2. The van der Waals surface area contributed by atoms with Crippen LogP contribution in [0, 0.1) is 11.3 Å². The molecule has 3 nitrogen and oxygen atoms in total. The van der Waals surface area contributed by atoms with Crippen molar-refractivity contribution in [2.75, 3.05) is 0 Å². The van der Waals surface area contributed by atoms with Crippen molar-refractivity contribution >= 4 is 0 Å². The Morgan fingerprint density at radius 3 is 2.43 bits per heavy atom. The molecule has 0 amide bonds. The summed E-state index contributed by atoms with van der Waals surface area (Å²) in [5.74, 6) is -0.173. The number of hydrogen-bond acceptors (Lipinski definition) is 3. The Morgan fingerprint density at radius 2 is 1.86 bits per heavy atom. The van der Waals surface area contributed by atoms with Crippen molar-refractivity contribution in [3.63, 3.8) is 0 Å². The third-order valence-corrected chi connectivity index (χ3v) is 4.14. The minimum Gasteiger partial charge on any atom is -0.490 e. The first kappa shape index (κ1) is 14.2. The molecule has 0 spiro atoms. The van der Waals surface area contributed by atoms with Crippen molar-refractivity contribution in [1.29, 1.82) is 5.26 Å². The Labute approximate surface area is 120 Å². The Kier molecular flexibility index (Phi) is 3.54. The van der Waals surface area contributed by atoms with Crippen molar-refractivity contribution in [3.8, 4) is 11.8 Å². The summed E-state index contributed by atoms with van der Waals surface area (Å²) in [4.78, 5) is 0. The molecule has 2 bridgehead atoms. The lowest BCUT2D eigenvalue weighted by Crippen LogP contribution is -2.42. The topological polar surface area (TPSA) is 45.0 Å². The number of rotatable bonds is 2. The van der Waals surface area contributed by atoms with Gasteiger partial charge < -0.3 is 10.1 Å². The number of ether oxygens (including phenoxy) is 1. The Hall–Kier alpha value is -1.74. The molecule has 2 aliphatic rings. The molecule has 2 aliphatic heterocycles. The van der Waals surface area contributed by atoms with Crippen LogP contribution in [-0.4, -0.2) is 18.2 Å². The van der Waals surface area contributed by atoms with E-state index in [1.807, 2.05) is 0 Å². The summed E-state index contributed by atoms with van der Waals surface area (Å²) in [6, 6.07) is 5.89. The van der Waals surface area contributed by atoms with Gasteiger partial charge in [-0.3, -0.25) is 0 Å². The predicted molar refractivity (Wildman–Crippen MR) is 69.8 cm³/mol. The molecular weight excluding hydrogens is 281 g/mol. The summed E-state index contributed by atoms with van der Waals surface area (Å²) in [7, 11) is 0. The van der Waals surface area contributed by atoms with Crippen LogP contribution in [-0.2, 0) is 6.18 Å². The lowest BCUT2D eigenvalue weighted by atomic mass is 10.0. The molecule has 0 saturated carbocycles. The molecule has 1 aromatic carbocycles. The van der Waals surface area contributed by atoms with E-state index in [1.165, 1.54) is 12.1 Å². The maximum absolute atomic E-state index is 13.1. The molecule has 0 radical (unpaired) electrons. The van der Waals surface area contributed by atoms with Crippen molar-refractivity contribution in [2.24, 2.45) is 0 Å². The Morgan fingerprint density at radius 1 is 1.19 bits per heavy atom. The molecule has 1 unspecified atom stereocenters. The highest BCUT2D eigenvalue weighted by Gasteiger charge is 2.38. The molecule has 112 valence electrons. The van der Waals surface area contributed by atoms with Gasteiger partial charge in [0.1, 0.15) is 11.9 Å². The van der Waals surface area contributed by atoms with Gasteiger partial charge in [0.2, 0.25) is 0 Å². The highest BCUT2D eigenvalue weighted by molar-refractivity contribution is 5.43. The van der Waals surface area contributed by atoms with E-state index < -0.39 is 11.7 Å². The van der Waals surface area contributed by atoms with Gasteiger partial charge in [0.15, 0.2) is 0 Å². The zero-order valence-electron chi connectivity index (χ0n) is 11.3. The van der Waals surface area contributed by atoms with Gasteiger partial charge in [-0.15, -0.1) is 0 Å². The Bertz CT molecular complexity index is 567. The van der Waals surface area contributed by atoms with Crippen LogP contribution in [0.2, 0.25) is 0 Å². The summed E-state index contributed by atoms with van der Waals surface area (Å²) in [6.45, 7) is 0. The number of halogens is 3. The van der Waals surface area contributed by atoms with Crippen LogP contribution in [0.3, 0.4) is 0 Å². The molecule has 2 saturated heterocycles. The standard InChI is InChI=1S/C15H15F3N2O/c16-15(17,18)13-5-9(8-19)1-4-14(13)21-12-6-10-2-3-11(7-12)20-10/h1,4-5,10-12,20H,2-3,6-7H2/t10-,11+,12?. The molecule has 3 atom stereocenters. The van der Waals surface area contributed by atoms with Gasteiger partial charge in [0, 0.05) is 12.1 Å². The number of hydrogen-bond donors (Lipinski definition) is 1. The second-order valence-corrected chi connectivity index (χ2v) is 5.67. The quantitative estimate of drug-likeness (QED) is 0.911. The lowest BCUT2D eigenvalue weighted by molar-refractivity contribution is -0.139. The fraction of sp³-hybridized carbons (Fsp3) is 0.533. The number of alkyl halides is 3. The fourth-order valence-corrected chi connectivity index (χ4v) is 3.20. The zero-order valence-corrected chi connectivity index (χ0v) is 11.3. The summed E-state index contributed by atoms with van der Waals surface area (Å²) in [5.41, 5.74) is -0.882. The van der Waals surface area contributed by atoms with Gasteiger partial charge in [-0.05, 0) is 43.9 Å². The predicted octanol–water partition coefficient (Wildman–Crippen LogP) is 3.24. The van der Waals surface area contributed by atoms with Gasteiger partial charge >= 0.3 is 6.18 Å². The first-order chi connectivity index (χ1) is 9.95. The third-order valence-electron chi connectivity index (χ3n) is 4.14. The SMILES string of the molecule is N#Cc1ccc(OC2C[C@H]3CC[C@@H](C2)N3)c(C(F)(F)F)c1. The highest BCUT2D eigenvalue weighted by Crippen LogP contribution is 2.38. The monoisotopic (exact) mass is 296 g/mol. The maximum atomic E-state index is 13.1. The van der Waals surface area contributed by atoms with E-state index in [1.54, 1.807) is 6.07 Å². The molecule has 6 heteroatoms. The second kappa shape index (κ2) is 5.23. The van der Waals surface area contributed by atoms with E-state index in [4.69, 9.17) is 10.00 Å². The lowest BCUT2D eigenvalue weighted by Gasteiger charge is -2.30. The molecule has 2 heterocycles. The van der Waals surface area contributed by atoms with Crippen molar-refractivity contribution in [2.45, 2.75) is 50.0 Å².